The summed E-state index contributed by atoms with van der Waals surface area (Å²) in [5, 5.41) is 14.9. The van der Waals surface area contributed by atoms with Gasteiger partial charge in [-0.15, -0.1) is 20.4 Å². The lowest BCUT2D eigenvalue weighted by molar-refractivity contribution is 0.103. The lowest BCUT2D eigenvalue weighted by Gasteiger charge is -2.02. The molecule has 0 aliphatic heterocycles. The van der Waals surface area contributed by atoms with Gasteiger partial charge in [0.2, 0.25) is 0 Å². The Morgan fingerprint density at radius 1 is 0.846 bits per heavy atom. The zero-order chi connectivity index (χ0) is 19.3. The molecule has 0 atom stereocenters. The number of nitrogens with zero attached hydrogens (tertiary/aromatic N) is 4. The van der Waals surface area contributed by atoms with Gasteiger partial charge in [-0.25, -0.2) is 4.39 Å². The molecule has 0 aliphatic rings. The highest BCUT2D eigenvalue weighted by Gasteiger charge is 2.15. The molecule has 11 heteroatoms. The fourth-order valence-corrected chi connectivity index (χ4v) is 2.75. The zero-order valence-electron chi connectivity index (χ0n) is 12.4. The van der Waals surface area contributed by atoms with E-state index in [1.54, 1.807) is 6.07 Å². The van der Waals surface area contributed by atoms with Crippen molar-refractivity contribution < 1.29 is 9.18 Å². The Hall–Kier alpha value is -1.13. The van der Waals surface area contributed by atoms with E-state index in [2.05, 4.69) is 20.4 Å². The van der Waals surface area contributed by atoms with Crippen LogP contribution in [0.5, 0.6) is 0 Å². The lowest BCUT2D eigenvalue weighted by atomic mass is 10.1. The van der Waals surface area contributed by atoms with Gasteiger partial charge in [0.15, 0.2) is 26.4 Å². The summed E-state index contributed by atoms with van der Waals surface area (Å²) in [5.41, 5.74) is 0.440. The molecule has 5 nitrogen and oxygen atoms in total. The van der Waals surface area contributed by atoms with Crippen LogP contribution in [0, 0.1) is 9.39 Å². The smallest absolute Gasteiger partial charge is 0.196 e. The van der Waals surface area contributed by atoms with E-state index < -0.39 is 5.82 Å². The van der Waals surface area contributed by atoms with Crippen LogP contribution in [0.25, 0.3) is 0 Å². The Labute approximate surface area is 181 Å². The summed E-state index contributed by atoms with van der Waals surface area (Å²) < 4.78 is 13.5. The van der Waals surface area contributed by atoms with Crippen LogP contribution < -0.4 is 0 Å². The fourth-order valence-electron chi connectivity index (χ4n) is 1.60. The van der Waals surface area contributed by atoms with Crippen molar-refractivity contribution in [2.75, 3.05) is 0 Å². The molecule has 1 aromatic carbocycles. The molecule has 134 valence electrons. The molecule has 0 fully saturated rings. The van der Waals surface area contributed by atoms with Gasteiger partial charge in [-0.3, -0.25) is 4.79 Å². The minimum Gasteiger partial charge on any atom is -0.288 e. The van der Waals surface area contributed by atoms with Gasteiger partial charge in [-0.2, -0.15) is 0 Å². The summed E-state index contributed by atoms with van der Waals surface area (Å²) in [4.78, 5) is 12.0. The fraction of sp³-hybridized carbons (Fsp3) is 0. The Bertz CT molecular complexity index is 943. The molecule has 3 aromatic rings. The van der Waals surface area contributed by atoms with Crippen LogP contribution in [0.4, 0.5) is 4.39 Å². The maximum atomic E-state index is 12.7. The van der Waals surface area contributed by atoms with Gasteiger partial charge in [-0.1, -0.05) is 46.4 Å². The van der Waals surface area contributed by atoms with Crippen molar-refractivity contribution in [3.63, 3.8) is 0 Å². The minimum absolute atomic E-state index is 0.0382. The first-order chi connectivity index (χ1) is 12.3. The number of hydrogen-bond acceptors (Lipinski definition) is 5. The highest BCUT2D eigenvalue weighted by atomic mass is 127. The normalized spacial score (nSPS) is 10.1. The van der Waals surface area contributed by atoms with Crippen molar-refractivity contribution in [2.45, 2.75) is 0 Å². The number of rotatable bonds is 2. The molecule has 26 heavy (non-hydrogen) atoms. The van der Waals surface area contributed by atoms with Gasteiger partial charge < -0.3 is 0 Å². The second kappa shape index (κ2) is 9.70. The van der Waals surface area contributed by atoms with Crippen LogP contribution in [-0.2, 0) is 0 Å². The summed E-state index contributed by atoms with van der Waals surface area (Å²) in [6, 6.07) is 8.08. The van der Waals surface area contributed by atoms with Crippen LogP contribution in [0.3, 0.4) is 0 Å². The van der Waals surface area contributed by atoms with Gasteiger partial charge in [0.05, 0.1) is 9.13 Å². The number of halogens is 6. The largest absolute Gasteiger partial charge is 0.288 e. The second-order valence-electron chi connectivity index (χ2n) is 4.51. The third-order valence-corrected chi connectivity index (χ3v) is 4.82. The van der Waals surface area contributed by atoms with E-state index in [0.29, 0.717) is 15.9 Å². The molecule has 0 bridgehead atoms. The quantitative estimate of drug-likeness (QED) is 0.312. The summed E-state index contributed by atoms with van der Waals surface area (Å²) in [5.74, 6) is -0.801. The predicted octanol–water partition coefficient (Wildman–Crippen LogP) is 5.54. The standard InChI is InChI=1S/C11H5Cl2FN2O.C4HCl2IN2/c12-9-5-8(11(13)16-15-9)10(17)6-1-3-7(14)4-2-6;5-3-1-2(7)4(6)9-8-3/h1-5H;1H. The van der Waals surface area contributed by atoms with E-state index in [1.165, 1.54) is 30.3 Å². The molecule has 0 unspecified atom stereocenters. The Balaban J connectivity index is 0.000000228. The average molecular weight is 546 g/mol. The first-order valence-electron chi connectivity index (χ1n) is 6.61. The Morgan fingerprint density at radius 3 is 1.92 bits per heavy atom. The molecule has 2 aromatic heterocycles. The number of carbonyl (C=O) groups is 1. The molecule has 0 saturated carbocycles. The molecule has 2 heterocycles. The molecule has 0 N–H and O–H groups in total. The Morgan fingerprint density at radius 2 is 1.38 bits per heavy atom. The third kappa shape index (κ3) is 5.95. The molecule has 0 amide bonds. The van der Waals surface area contributed by atoms with Gasteiger partial charge in [0.25, 0.3) is 0 Å². The van der Waals surface area contributed by atoms with E-state index in [4.69, 9.17) is 46.4 Å². The lowest BCUT2D eigenvalue weighted by Crippen LogP contribution is -2.04. The molecular weight excluding hydrogens is 540 g/mol. The first-order valence-corrected chi connectivity index (χ1v) is 9.20. The number of aromatic nitrogens is 4. The van der Waals surface area contributed by atoms with E-state index in [0.717, 1.165) is 3.57 Å². The van der Waals surface area contributed by atoms with Crippen molar-refractivity contribution in [2.24, 2.45) is 0 Å². The highest BCUT2D eigenvalue weighted by molar-refractivity contribution is 14.1. The SMILES string of the molecule is Clc1cc(I)c(Cl)nn1.O=C(c1ccc(F)cc1)c1cc(Cl)nnc1Cl. The van der Waals surface area contributed by atoms with Crippen LogP contribution in [0.1, 0.15) is 15.9 Å². The number of hydrogen-bond donors (Lipinski definition) is 0. The van der Waals surface area contributed by atoms with Crippen LogP contribution in [0.2, 0.25) is 20.6 Å². The van der Waals surface area contributed by atoms with Crippen molar-refractivity contribution in [1.29, 1.82) is 0 Å². The average Bonchev–Trinajstić information content (AvgIpc) is 2.61. The van der Waals surface area contributed by atoms with E-state index >= 15 is 0 Å². The first kappa shape index (κ1) is 21.2. The van der Waals surface area contributed by atoms with E-state index in [1.807, 2.05) is 22.6 Å². The highest BCUT2D eigenvalue weighted by Crippen LogP contribution is 2.19. The summed E-state index contributed by atoms with van der Waals surface area (Å²) >= 11 is 24.4. The monoisotopic (exact) mass is 544 g/mol. The van der Waals surface area contributed by atoms with Crippen LogP contribution in [-0.4, -0.2) is 26.2 Å². The topological polar surface area (TPSA) is 68.6 Å². The summed E-state index contributed by atoms with van der Waals surface area (Å²) in [6.45, 7) is 0. The number of ketones is 1. The Kier molecular flexibility index (Phi) is 7.90. The van der Waals surface area contributed by atoms with Crippen molar-refractivity contribution in [3.8, 4) is 0 Å². The minimum atomic E-state index is -0.418. The van der Waals surface area contributed by atoms with Crippen molar-refractivity contribution in [1.82, 2.24) is 20.4 Å². The molecule has 0 radical (unpaired) electrons. The third-order valence-electron chi connectivity index (χ3n) is 2.75. The second-order valence-corrected chi connectivity index (χ2v) is 7.17. The van der Waals surface area contributed by atoms with Crippen LogP contribution >= 0.6 is 69.0 Å². The molecular formula is C15H6Cl4FIN4O. The van der Waals surface area contributed by atoms with E-state index in [9.17, 15) is 9.18 Å². The van der Waals surface area contributed by atoms with Gasteiger partial charge in [0.1, 0.15) is 5.82 Å². The summed E-state index contributed by atoms with van der Waals surface area (Å²) in [7, 11) is 0. The van der Waals surface area contributed by atoms with Crippen molar-refractivity contribution >= 4 is 74.8 Å². The molecule has 3 rings (SSSR count). The van der Waals surface area contributed by atoms with Crippen molar-refractivity contribution in [3.05, 3.63) is 77.5 Å². The zero-order valence-corrected chi connectivity index (χ0v) is 17.6. The van der Waals surface area contributed by atoms with Gasteiger partial charge in [-0.05, 0) is 59.0 Å². The van der Waals surface area contributed by atoms with Gasteiger partial charge in [0, 0.05) is 5.56 Å². The maximum Gasteiger partial charge on any atom is 0.196 e. The van der Waals surface area contributed by atoms with E-state index in [-0.39, 0.29) is 21.7 Å². The molecule has 0 aliphatic carbocycles. The summed E-state index contributed by atoms with van der Waals surface area (Å²) in [6.07, 6.45) is 0. The number of benzene rings is 1. The maximum absolute atomic E-state index is 12.7. The molecule has 0 saturated heterocycles. The number of carbonyl (C=O) groups excluding carboxylic acids is 1. The molecule has 0 spiro atoms. The van der Waals surface area contributed by atoms with Gasteiger partial charge >= 0.3 is 0 Å². The predicted molar refractivity (Wildman–Crippen MR) is 107 cm³/mol. The van der Waals surface area contributed by atoms with Crippen LogP contribution in [0.15, 0.2) is 36.4 Å².